The number of carbonyl (C=O) groups is 2. The molecule has 0 atom stereocenters. The van der Waals surface area contributed by atoms with Crippen molar-refractivity contribution in [2.75, 3.05) is 11.4 Å². The lowest BCUT2D eigenvalue weighted by molar-refractivity contribution is 0.0963. The van der Waals surface area contributed by atoms with Crippen LogP contribution in [0.25, 0.3) is 0 Å². The van der Waals surface area contributed by atoms with Gasteiger partial charge in [0.05, 0.1) is 10.6 Å². The van der Waals surface area contributed by atoms with Crippen LogP contribution in [0.1, 0.15) is 53.4 Å². The molecule has 0 bridgehead atoms. The molecule has 3 heterocycles. The van der Waals surface area contributed by atoms with E-state index in [2.05, 4.69) is 23.4 Å². The summed E-state index contributed by atoms with van der Waals surface area (Å²) < 4.78 is 2.13. The summed E-state index contributed by atoms with van der Waals surface area (Å²) in [5.41, 5.74) is 3.74. The van der Waals surface area contributed by atoms with Crippen molar-refractivity contribution in [3.8, 4) is 0 Å². The fraction of sp³-hybridized carbons (Fsp3) is 0.421. The zero-order chi connectivity index (χ0) is 17.1. The molecule has 0 fully saturated rings. The van der Waals surface area contributed by atoms with E-state index < -0.39 is 0 Å². The maximum atomic E-state index is 13.0. The summed E-state index contributed by atoms with van der Waals surface area (Å²) in [7, 11) is 0. The van der Waals surface area contributed by atoms with Crippen LogP contribution >= 0.6 is 11.6 Å². The number of hydrogen-bond acceptors (Lipinski definition) is 3. The Hall–Kier alpha value is -2.14. The smallest absolute Gasteiger partial charge is 0.276 e. The molecule has 0 aromatic carbocycles. The van der Waals surface area contributed by atoms with Gasteiger partial charge in [0.2, 0.25) is 0 Å². The molecule has 0 saturated carbocycles. The van der Waals surface area contributed by atoms with Crippen molar-refractivity contribution in [1.82, 2.24) is 9.55 Å². The van der Waals surface area contributed by atoms with Gasteiger partial charge in [0, 0.05) is 25.0 Å². The van der Waals surface area contributed by atoms with Crippen LogP contribution in [-0.4, -0.2) is 28.3 Å². The Morgan fingerprint density at radius 3 is 2.76 bits per heavy atom. The Kier molecular flexibility index (Phi) is 4.23. The van der Waals surface area contributed by atoms with Crippen LogP contribution in [0.4, 0.5) is 5.82 Å². The van der Waals surface area contributed by atoms with Crippen LogP contribution in [0, 0.1) is 5.41 Å². The van der Waals surface area contributed by atoms with E-state index in [-0.39, 0.29) is 24.3 Å². The van der Waals surface area contributed by atoms with Crippen LogP contribution < -0.4 is 4.90 Å². The van der Waals surface area contributed by atoms with E-state index in [0.717, 1.165) is 12.8 Å². The van der Waals surface area contributed by atoms with Gasteiger partial charge in [0.1, 0.15) is 11.5 Å². The third-order valence-corrected chi connectivity index (χ3v) is 5.24. The Morgan fingerprint density at radius 2 is 2.04 bits per heavy atom. The third-order valence-electron chi connectivity index (χ3n) is 4.91. The third kappa shape index (κ3) is 2.67. The van der Waals surface area contributed by atoms with Crippen molar-refractivity contribution in [3.05, 3.63) is 45.9 Å². The van der Waals surface area contributed by atoms with Gasteiger partial charge in [-0.05, 0) is 36.0 Å². The number of hydrogen-bond donors (Lipinski definition) is 0. The second kappa shape index (κ2) is 5.99. The monoisotopic (exact) mass is 359 g/mol. The molecule has 0 radical (unpaired) electrons. The average molecular weight is 360 g/mol. The summed E-state index contributed by atoms with van der Waals surface area (Å²) in [5.74, 6) is 0.224. The standard InChI is InChI=1S/C18H18ClN3O2.CH4/c1-18(2)8-11-7-14-17(24)22(6-5-21(14)15(11)9-18)16-12(10-23)13(19)3-4-20-16;/h3-4,7,10H,5-6,8-9H2,1-2H3;1H4. The van der Waals surface area contributed by atoms with Gasteiger partial charge in [-0.25, -0.2) is 4.98 Å². The van der Waals surface area contributed by atoms with Gasteiger partial charge in [0.15, 0.2) is 6.29 Å². The summed E-state index contributed by atoms with van der Waals surface area (Å²) in [5, 5.41) is 0.313. The van der Waals surface area contributed by atoms with E-state index in [0.29, 0.717) is 35.9 Å². The quantitative estimate of drug-likeness (QED) is 0.767. The SMILES string of the molecule is C.CC1(C)Cc2cc3n(c2C1)CCN(c1nccc(Cl)c1C=O)C3=O. The molecule has 1 amide bonds. The molecule has 0 N–H and O–H groups in total. The van der Waals surface area contributed by atoms with Gasteiger partial charge in [-0.2, -0.15) is 0 Å². The number of pyridine rings is 1. The maximum absolute atomic E-state index is 13.0. The number of aromatic nitrogens is 2. The van der Waals surface area contributed by atoms with Gasteiger partial charge in [-0.1, -0.05) is 32.9 Å². The number of nitrogens with zero attached hydrogens (tertiary/aromatic N) is 3. The molecule has 25 heavy (non-hydrogen) atoms. The van der Waals surface area contributed by atoms with Crippen LogP contribution in [0.3, 0.4) is 0 Å². The highest BCUT2D eigenvalue weighted by Crippen LogP contribution is 2.39. The van der Waals surface area contributed by atoms with Crippen molar-refractivity contribution in [3.63, 3.8) is 0 Å². The highest BCUT2D eigenvalue weighted by molar-refractivity contribution is 6.33. The van der Waals surface area contributed by atoms with E-state index in [1.54, 1.807) is 11.0 Å². The first-order valence-electron chi connectivity index (χ1n) is 8.04. The highest BCUT2D eigenvalue weighted by Gasteiger charge is 2.37. The molecule has 4 rings (SSSR count). The zero-order valence-corrected chi connectivity index (χ0v) is 14.4. The summed E-state index contributed by atoms with van der Waals surface area (Å²) in [6.45, 7) is 5.70. The molecular formula is C19H22ClN3O2. The second-order valence-electron chi connectivity index (χ2n) is 7.28. The highest BCUT2D eigenvalue weighted by atomic mass is 35.5. The van der Waals surface area contributed by atoms with Gasteiger partial charge in [-0.15, -0.1) is 0 Å². The fourth-order valence-corrected chi connectivity index (χ4v) is 4.06. The number of carbonyl (C=O) groups excluding carboxylic acids is 2. The van der Waals surface area contributed by atoms with E-state index in [1.807, 2.05) is 6.07 Å². The van der Waals surface area contributed by atoms with E-state index in [9.17, 15) is 9.59 Å². The first kappa shape index (κ1) is 17.7. The van der Waals surface area contributed by atoms with Crippen LogP contribution in [0.2, 0.25) is 5.02 Å². The molecule has 0 spiro atoms. The number of aldehydes is 1. The Balaban J connectivity index is 0.00000182. The number of amides is 1. The molecule has 5 nitrogen and oxygen atoms in total. The molecule has 0 unspecified atom stereocenters. The van der Waals surface area contributed by atoms with Crippen LogP contribution in [0.15, 0.2) is 18.3 Å². The molecule has 1 aliphatic carbocycles. The van der Waals surface area contributed by atoms with Crippen molar-refractivity contribution in [2.45, 2.75) is 40.7 Å². The van der Waals surface area contributed by atoms with Gasteiger partial charge in [-0.3, -0.25) is 14.5 Å². The summed E-state index contributed by atoms with van der Waals surface area (Å²) in [6.07, 6.45) is 4.16. The second-order valence-corrected chi connectivity index (χ2v) is 7.68. The number of fused-ring (bicyclic) bond motifs is 3. The topological polar surface area (TPSA) is 55.2 Å². The van der Waals surface area contributed by atoms with Crippen molar-refractivity contribution in [2.24, 2.45) is 5.41 Å². The minimum atomic E-state index is -0.119. The van der Waals surface area contributed by atoms with Crippen molar-refractivity contribution >= 4 is 29.6 Å². The van der Waals surface area contributed by atoms with Gasteiger partial charge >= 0.3 is 0 Å². The first-order chi connectivity index (χ1) is 11.4. The first-order valence-corrected chi connectivity index (χ1v) is 8.42. The fourth-order valence-electron chi connectivity index (χ4n) is 3.88. The van der Waals surface area contributed by atoms with Crippen LogP contribution in [0.5, 0.6) is 0 Å². The van der Waals surface area contributed by atoms with Gasteiger partial charge in [0.25, 0.3) is 5.91 Å². The predicted molar refractivity (Wildman–Crippen MR) is 98.7 cm³/mol. The lowest BCUT2D eigenvalue weighted by atomic mass is 9.90. The number of halogens is 1. The molecule has 1 aliphatic heterocycles. The molecule has 2 aromatic rings. The van der Waals surface area contributed by atoms with Crippen molar-refractivity contribution < 1.29 is 9.59 Å². The molecule has 6 heteroatoms. The summed E-state index contributed by atoms with van der Waals surface area (Å²) in [4.78, 5) is 30.1. The minimum absolute atomic E-state index is 0. The van der Waals surface area contributed by atoms with Gasteiger partial charge < -0.3 is 4.57 Å². The normalized spacial score (nSPS) is 17.7. The Bertz CT molecular complexity index is 870. The zero-order valence-electron chi connectivity index (χ0n) is 13.7. The molecule has 2 aromatic heterocycles. The lowest BCUT2D eigenvalue weighted by Gasteiger charge is -2.30. The predicted octanol–water partition coefficient (Wildman–Crippen LogP) is 3.77. The van der Waals surface area contributed by atoms with E-state index in [1.165, 1.54) is 17.5 Å². The minimum Gasteiger partial charge on any atom is -0.339 e. The maximum Gasteiger partial charge on any atom is 0.276 e. The summed E-state index contributed by atoms with van der Waals surface area (Å²) >= 11 is 6.07. The molecular weight excluding hydrogens is 338 g/mol. The van der Waals surface area contributed by atoms with E-state index in [4.69, 9.17) is 11.6 Å². The number of anilines is 1. The Morgan fingerprint density at radius 1 is 1.28 bits per heavy atom. The van der Waals surface area contributed by atoms with Crippen molar-refractivity contribution in [1.29, 1.82) is 0 Å². The van der Waals surface area contributed by atoms with E-state index >= 15 is 0 Å². The average Bonchev–Trinajstić information content (AvgIpc) is 3.00. The summed E-state index contributed by atoms with van der Waals surface area (Å²) in [6, 6.07) is 3.56. The molecule has 132 valence electrons. The Labute approximate surface area is 152 Å². The molecule has 2 aliphatic rings. The lowest BCUT2D eigenvalue weighted by Crippen LogP contribution is -2.41. The van der Waals surface area contributed by atoms with Crippen LogP contribution in [-0.2, 0) is 19.4 Å². The largest absolute Gasteiger partial charge is 0.339 e. The number of rotatable bonds is 2. The molecule has 0 saturated heterocycles.